The van der Waals surface area contributed by atoms with Crippen molar-refractivity contribution < 1.29 is 19.0 Å². The normalized spacial score (nSPS) is 22.3. The van der Waals surface area contributed by atoms with Gasteiger partial charge in [0.25, 0.3) is 5.91 Å². The fraction of sp³-hybridized carbons (Fsp3) is 0.593. The summed E-state index contributed by atoms with van der Waals surface area (Å²) >= 11 is 0. The summed E-state index contributed by atoms with van der Waals surface area (Å²) in [5, 5.41) is 0. The Labute approximate surface area is 213 Å². The van der Waals surface area contributed by atoms with Gasteiger partial charge in [-0.25, -0.2) is 9.97 Å². The summed E-state index contributed by atoms with van der Waals surface area (Å²) in [5.41, 5.74) is 0.829. The van der Waals surface area contributed by atoms with Gasteiger partial charge in [-0.1, -0.05) is 0 Å². The maximum atomic E-state index is 12.5. The third kappa shape index (κ3) is 5.57. The zero-order valence-electron chi connectivity index (χ0n) is 21.4. The van der Waals surface area contributed by atoms with E-state index in [9.17, 15) is 4.79 Å². The van der Waals surface area contributed by atoms with Crippen LogP contribution in [0.1, 0.15) is 39.0 Å². The second-order valence-electron chi connectivity index (χ2n) is 10.1. The second kappa shape index (κ2) is 11.0. The molecular formula is C27H37N5O4. The van der Waals surface area contributed by atoms with Crippen molar-refractivity contribution in [3.8, 4) is 11.6 Å². The number of carbonyl (C=O) groups excluding carboxylic acids is 1. The molecule has 1 aromatic carbocycles. The molecule has 9 heteroatoms. The average Bonchev–Trinajstić information content (AvgIpc) is 3.33. The molecule has 2 aromatic rings. The Morgan fingerprint density at radius 1 is 1.11 bits per heavy atom. The van der Waals surface area contributed by atoms with Crippen molar-refractivity contribution in [3.63, 3.8) is 0 Å². The van der Waals surface area contributed by atoms with Gasteiger partial charge in [0.1, 0.15) is 12.4 Å². The number of rotatable bonds is 8. The molecule has 1 aromatic heterocycles. The summed E-state index contributed by atoms with van der Waals surface area (Å²) in [6.07, 6.45) is 8.50. The van der Waals surface area contributed by atoms with E-state index in [-0.39, 0.29) is 18.1 Å². The van der Waals surface area contributed by atoms with Crippen LogP contribution in [0.4, 0.5) is 11.5 Å². The summed E-state index contributed by atoms with van der Waals surface area (Å²) in [6.45, 7) is 7.70. The molecule has 0 saturated carbocycles. The number of carbonyl (C=O) groups is 1. The Morgan fingerprint density at radius 3 is 2.58 bits per heavy atom. The van der Waals surface area contributed by atoms with E-state index in [1.54, 1.807) is 18.2 Å². The molecule has 194 valence electrons. The summed E-state index contributed by atoms with van der Waals surface area (Å²) in [7, 11) is 1.55. The van der Waals surface area contributed by atoms with Crippen LogP contribution < -0.4 is 19.3 Å². The molecule has 3 aliphatic heterocycles. The SMILES string of the molecule is COc1cnc(N2CC3(CCN(c4ccc(OCCCN5CCC[C@H]5C)cc4)CC3)OCC2=O)cn1. The molecule has 0 aliphatic carbocycles. The predicted octanol–water partition coefficient (Wildman–Crippen LogP) is 3.14. The molecule has 0 unspecified atom stereocenters. The van der Waals surface area contributed by atoms with Crippen LogP contribution >= 0.6 is 0 Å². The highest BCUT2D eigenvalue weighted by Crippen LogP contribution is 2.34. The van der Waals surface area contributed by atoms with Gasteiger partial charge >= 0.3 is 0 Å². The zero-order chi connectivity index (χ0) is 25.0. The predicted molar refractivity (Wildman–Crippen MR) is 138 cm³/mol. The molecular weight excluding hydrogens is 458 g/mol. The summed E-state index contributed by atoms with van der Waals surface area (Å²) in [5.74, 6) is 1.80. The van der Waals surface area contributed by atoms with Crippen LogP contribution in [-0.2, 0) is 9.53 Å². The van der Waals surface area contributed by atoms with Crippen molar-refractivity contribution in [1.82, 2.24) is 14.9 Å². The van der Waals surface area contributed by atoms with Gasteiger partial charge in [-0.2, -0.15) is 0 Å². The van der Waals surface area contributed by atoms with E-state index in [4.69, 9.17) is 14.2 Å². The van der Waals surface area contributed by atoms with Crippen molar-refractivity contribution in [3.05, 3.63) is 36.7 Å². The molecule has 0 bridgehead atoms. The third-order valence-electron chi connectivity index (χ3n) is 7.77. The van der Waals surface area contributed by atoms with Crippen LogP contribution in [-0.4, -0.2) is 85.5 Å². The number of benzene rings is 1. The van der Waals surface area contributed by atoms with E-state index in [1.807, 2.05) is 0 Å². The molecule has 3 aliphatic rings. The zero-order valence-corrected chi connectivity index (χ0v) is 21.4. The number of amides is 1. The fourth-order valence-corrected chi connectivity index (χ4v) is 5.49. The van der Waals surface area contributed by atoms with Crippen molar-refractivity contribution in [2.75, 3.05) is 62.8 Å². The molecule has 5 rings (SSSR count). The van der Waals surface area contributed by atoms with Crippen LogP contribution in [0.5, 0.6) is 11.6 Å². The minimum atomic E-state index is -0.359. The van der Waals surface area contributed by atoms with Crippen LogP contribution in [0.25, 0.3) is 0 Å². The Morgan fingerprint density at radius 2 is 1.92 bits per heavy atom. The van der Waals surface area contributed by atoms with E-state index >= 15 is 0 Å². The minimum absolute atomic E-state index is 0.0659. The molecule has 1 atom stereocenters. The van der Waals surface area contributed by atoms with Crippen LogP contribution in [0.2, 0.25) is 0 Å². The molecule has 1 amide bonds. The molecule has 3 saturated heterocycles. The maximum absolute atomic E-state index is 12.5. The van der Waals surface area contributed by atoms with Gasteiger partial charge in [-0.3, -0.25) is 9.69 Å². The molecule has 0 N–H and O–H groups in total. The lowest BCUT2D eigenvalue weighted by atomic mass is 9.89. The van der Waals surface area contributed by atoms with E-state index < -0.39 is 0 Å². The van der Waals surface area contributed by atoms with E-state index in [2.05, 4.69) is 51.0 Å². The number of morpholine rings is 1. The Hall–Kier alpha value is -2.91. The molecule has 9 nitrogen and oxygen atoms in total. The van der Waals surface area contributed by atoms with Crippen LogP contribution in [0.15, 0.2) is 36.7 Å². The van der Waals surface area contributed by atoms with E-state index in [0.717, 1.165) is 51.3 Å². The quantitative estimate of drug-likeness (QED) is 0.517. The van der Waals surface area contributed by atoms with Gasteiger partial charge in [-0.15, -0.1) is 0 Å². The van der Waals surface area contributed by atoms with Gasteiger partial charge in [0.05, 0.1) is 38.3 Å². The lowest BCUT2D eigenvalue weighted by Crippen LogP contribution is -2.59. The highest BCUT2D eigenvalue weighted by Gasteiger charge is 2.43. The molecule has 1 spiro atoms. The fourth-order valence-electron chi connectivity index (χ4n) is 5.49. The second-order valence-corrected chi connectivity index (χ2v) is 10.1. The highest BCUT2D eigenvalue weighted by atomic mass is 16.5. The molecule has 36 heavy (non-hydrogen) atoms. The summed E-state index contributed by atoms with van der Waals surface area (Å²) in [4.78, 5) is 27.7. The molecule has 0 radical (unpaired) electrons. The van der Waals surface area contributed by atoms with Gasteiger partial charge < -0.3 is 24.0 Å². The maximum Gasteiger partial charge on any atom is 0.254 e. The number of methoxy groups -OCH3 is 1. The largest absolute Gasteiger partial charge is 0.494 e. The Bertz CT molecular complexity index is 1010. The average molecular weight is 496 g/mol. The van der Waals surface area contributed by atoms with Gasteiger partial charge in [0, 0.05) is 31.4 Å². The van der Waals surface area contributed by atoms with Crippen molar-refractivity contribution >= 4 is 17.4 Å². The van der Waals surface area contributed by atoms with Crippen molar-refractivity contribution in [2.24, 2.45) is 0 Å². The topological polar surface area (TPSA) is 80.3 Å². The summed E-state index contributed by atoms with van der Waals surface area (Å²) in [6, 6.07) is 9.13. The highest BCUT2D eigenvalue weighted by molar-refractivity contribution is 5.94. The number of ether oxygens (including phenoxy) is 3. The standard InChI is InChI=1S/C27H37N5O4/c1-21-5-3-12-30(21)13-4-16-35-23-8-6-22(7-9-23)31-14-10-27(11-15-31)20-32(26(33)19-36-27)24-17-29-25(34-2)18-28-24/h6-9,17-18,21H,3-5,10-16,19-20H2,1-2H3/t21-/m1/s1. The first-order valence-corrected chi connectivity index (χ1v) is 13.1. The Kier molecular flexibility index (Phi) is 7.57. The van der Waals surface area contributed by atoms with Gasteiger partial charge in [0.2, 0.25) is 5.88 Å². The monoisotopic (exact) mass is 495 g/mol. The number of anilines is 2. The van der Waals surface area contributed by atoms with E-state index in [0.29, 0.717) is 24.3 Å². The van der Waals surface area contributed by atoms with Gasteiger partial charge in [0.15, 0.2) is 5.82 Å². The third-order valence-corrected chi connectivity index (χ3v) is 7.77. The number of hydrogen-bond acceptors (Lipinski definition) is 8. The van der Waals surface area contributed by atoms with E-state index in [1.165, 1.54) is 31.3 Å². The summed E-state index contributed by atoms with van der Waals surface area (Å²) < 4.78 is 17.2. The first-order chi connectivity index (χ1) is 17.5. The number of aromatic nitrogens is 2. The number of piperidine rings is 1. The lowest BCUT2D eigenvalue weighted by molar-refractivity contribution is -0.141. The molecule has 4 heterocycles. The number of likely N-dealkylation sites (tertiary alicyclic amines) is 1. The number of hydrogen-bond donors (Lipinski definition) is 0. The number of nitrogens with zero attached hydrogens (tertiary/aromatic N) is 5. The smallest absolute Gasteiger partial charge is 0.254 e. The first-order valence-electron chi connectivity index (χ1n) is 13.1. The van der Waals surface area contributed by atoms with Crippen LogP contribution in [0, 0.1) is 0 Å². The van der Waals surface area contributed by atoms with Gasteiger partial charge in [-0.05, 0) is 69.8 Å². The van der Waals surface area contributed by atoms with Crippen LogP contribution in [0.3, 0.4) is 0 Å². The first kappa shape index (κ1) is 24.8. The van der Waals surface area contributed by atoms with Crippen molar-refractivity contribution in [2.45, 2.75) is 50.7 Å². The lowest BCUT2D eigenvalue weighted by Gasteiger charge is -2.47. The molecule has 3 fully saturated rings. The Balaban J connectivity index is 1.11. The minimum Gasteiger partial charge on any atom is -0.494 e. The van der Waals surface area contributed by atoms with Crippen molar-refractivity contribution in [1.29, 1.82) is 0 Å².